The number of amides is 1. The van der Waals surface area contributed by atoms with Crippen molar-refractivity contribution in [1.82, 2.24) is 4.90 Å². The van der Waals surface area contributed by atoms with Crippen molar-refractivity contribution in [2.75, 3.05) is 19.9 Å². The lowest BCUT2D eigenvalue weighted by Gasteiger charge is -2.14. The number of ether oxygens (including phenoxy) is 1. The van der Waals surface area contributed by atoms with Crippen LogP contribution in [0.15, 0.2) is 0 Å². The average molecular weight is 208 g/mol. The van der Waals surface area contributed by atoms with Gasteiger partial charge in [-0.1, -0.05) is 15.9 Å². The minimum absolute atomic E-state index is 0.0887. The Labute approximate surface area is 68.5 Å². The Morgan fingerprint density at radius 1 is 1.80 bits per heavy atom. The zero-order valence-corrected chi connectivity index (χ0v) is 7.43. The molecule has 1 amide bonds. The highest BCUT2D eigenvalue weighted by molar-refractivity contribution is 9.10. The second-order valence-corrected chi connectivity index (χ2v) is 3.63. The monoisotopic (exact) mass is 207 g/mol. The van der Waals surface area contributed by atoms with Crippen molar-refractivity contribution < 1.29 is 9.53 Å². The van der Waals surface area contributed by atoms with E-state index in [2.05, 4.69) is 15.9 Å². The van der Waals surface area contributed by atoms with Crippen LogP contribution in [0.1, 0.15) is 6.92 Å². The van der Waals surface area contributed by atoms with Gasteiger partial charge >= 0.3 is 0 Å². The molecule has 0 saturated carbocycles. The molecule has 1 fully saturated rings. The molecule has 1 saturated heterocycles. The second-order valence-electron chi connectivity index (χ2n) is 2.26. The predicted molar refractivity (Wildman–Crippen MR) is 40.9 cm³/mol. The SMILES string of the molecule is CC(Br)C(=O)N1CCOC1. The van der Waals surface area contributed by atoms with Gasteiger partial charge in [0.15, 0.2) is 0 Å². The molecule has 1 atom stereocenters. The Balaban J connectivity index is 2.40. The van der Waals surface area contributed by atoms with E-state index >= 15 is 0 Å². The van der Waals surface area contributed by atoms with Crippen LogP contribution in [-0.4, -0.2) is 35.5 Å². The molecule has 4 heteroatoms. The third-order valence-corrected chi connectivity index (χ3v) is 1.80. The van der Waals surface area contributed by atoms with Crippen molar-refractivity contribution in [2.24, 2.45) is 0 Å². The fourth-order valence-electron chi connectivity index (χ4n) is 0.839. The summed E-state index contributed by atoms with van der Waals surface area (Å²) < 4.78 is 5.01. The molecular formula is C6H10BrNO2. The first-order chi connectivity index (χ1) is 4.72. The van der Waals surface area contributed by atoms with Gasteiger partial charge in [0.1, 0.15) is 6.73 Å². The summed E-state index contributed by atoms with van der Waals surface area (Å²) >= 11 is 3.20. The summed E-state index contributed by atoms with van der Waals surface area (Å²) in [6.07, 6.45) is 0. The molecule has 0 aromatic heterocycles. The Morgan fingerprint density at radius 3 is 2.90 bits per heavy atom. The molecular weight excluding hydrogens is 198 g/mol. The van der Waals surface area contributed by atoms with Crippen LogP contribution in [0, 0.1) is 0 Å². The van der Waals surface area contributed by atoms with Crippen molar-refractivity contribution in [1.29, 1.82) is 0 Å². The normalized spacial score (nSPS) is 21.2. The van der Waals surface area contributed by atoms with Crippen molar-refractivity contribution in [2.45, 2.75) is 11.8 Å². The largest absolute Gasteiger partial charge is 0.359 e. The van der Waals surface area contributed by atoms with Crippen LogP contribution >= 0.6 is 15.9 Å². The van der Waals surface area contributed by atoms with Gasteiger partial charge in [0.25, 0.3) is 0 Å². The molecule has 1 unspecified atom stereocenters. The summed E-state index contributed by atoms with van der Waals surface area (Å²) in [5, 5.41) is 0. The lowest BCUT2D eigenvalue weighted by atomic mass is 10.4. The van der Waals surface area contributed by atoms with Crippen LogP contribution in [-0.2, 0) is 9.53 Å². The van der Waals surface area contributed by atoms with Crippen LogP contribution in [0.3, 0.4) is 0 Å². The van der Waals surface area contributed by atoms with Crippen molar-refractivity contribution >= 4 is 21.8 Å². The van der Waals surface area contributed by atoms with Crippen molar-refractivity contribution in [3.63, 3.8) is 0 Å². The molecule has 1 rings (SSSR count). The lowest BCUT2D eigenvalue weighted by molar-refractivity contribution is -0.130. The number of hydrogen-bond donors (Lipinski definition) is 0. The zero-order valence-electron chi connectivity index (χ0n) is 5.84. The van der Waals surface area contributed by atoms with E-state index in [4.69, 9.17) is 4.74 Å². The zero-order chi connectivity index (χ0) is 7.56. The minimum atomic E-state index is -0.0887. The summed E-state index contributed by atoms with van der Waals surface area (Å²) in [5.74, 6) is 0.109. The summed E-state index contributed by atoms with van der Waals surface area (Å²) in [4.78, 5) is 12.7. The van der Waals surface area contributed by atoms with E-state index in [1.54, 1.807) is 4.90 Å². The highest BCUT2D eigenvalue weighted by Gasteiger charge is 2.21. The summed E-state index contributed by atoms with van der Waals surface area (Å²) in [5.41, 5.74) is 0. The standard InChI is InChI=1S/C6H10BrNO2/c1-5(7)6(9)8-2-3-10-4-8/h5H,2-4H2,1H3. The van der Waals surface area contributed by atoms with E-state index in [1.165, 1.54) is 0 Å². The van der Waals surface area contributed by atoms with Gasteiger partial charge in [0.05, 0.1) is 11.4 Å². The number of carbonyl (C=O) groups excluding carboxylic acids is 1. The summed E-state index contributed by atoms with van der Waals surface area (Å²) in [7, 11) is 0. The van der Waals surface area contributed by atoms with Crippen LogP contribution in [0.25, 0.3) is 0 Å². The first-order valence-corrected chi connectivity index (χ1v) is 4.14. The van der Waals surface area contributed by atoms with Gasteiger partial charge < -0.3 is 9.64 Å². The molecule has 0 aliphatic carbocycles. The molecule has 0 N–H and O–H groups in total. The van der Waals surface area contributed by atoms with E-state index in [0.717, 1.165) is 6.54 Å². The molecule has 58 valence electrons. The topological polar surface area (TPSA) is 29.5 Å². The number of nitrogens with zero attached hydrogens (tertiary/aromatic N) is 1. The molecule has 1 aliphatic rings. The molecule has 0 aromatic carbocycles. The number of alkyl halides is 1. The van der Waals surface area contributed by atoms with Gasteiger partial charge in [-0.3, -0.25) is 4.79 Å². The lowest BCUT2D eigenvalue weighted by Crippen LogP contribution is -2.33. The van der Waals surface area contributed by atoms with Crippen LogP contribution in [0.2, 0.25) is 0 Å². The van der Waals surface area contributed by atoms with Crippen LogP contribution in [0.5, 0.6) is 0 Å². The van der Waals surface area contributed by atoms with E-state index in [-0.39, 0.29) is 10.7 Å². The number of carbonyl (C=O) groups is 1. The summed E-state index contributed by atoms with van der Waals surface area (Å²) in [6, 6.07) is 0. The second kappa shape index (κ2) is 3.34. The number of rotatable bonds is 1. The summed E-state index contributed by atoms with van der Waals surface area (Å²) in [6.45, 7) is 3.68. The Kier molecular flexibility index (Phi) is 2.68. The highest BCUT2D eigenvalue weighted by atomic mass is 79.9. The third-order valence-electron chi connectivity index (χ3n) is 1.40. The maximum Gasteiger partial charge on any atom is 0.237 e. The number of hydrogen-bond acceptors (Lipinski definition) is 2. The van der Waals surface area contributed by atoms with Crippen LogP contribution in [0.4, 0.5) is 0 Å². The van der Waals surface area contributed by atoms with Gasteiger partial charge in [-0.2, -0.15) is 0 Å². The fourth-order valence-corrected chi connectivity index (χ4v) is 1.13. The fraction of sp³-hybridized carbons (Fsp3) is 0.833. The number of halogens is 1. The van der Waals surface area contributed by atoms with Gasteiger partial charge in [-0.05, 0) is 6.92 Å². The average Bonchev–Trinajstić information content (AvgIpc) is 2.36. The smallest absolute Gasteiger partial charge is 0.237 e. The van der Waals surface area contributed by atoms with Crippen molar-refractivity contribution in [3.05, 3.63) is 0 Å². The van der Waals surface area contributed by atoms with Gasteiger partial charge in [0, 0.05) is 6.54 Å². The molecule has 0 bridgehead atoms. The Morgan fingerprint density at radius 2 is 2.50 bits per heavy atom. The third kappa shape index (κ3) is 1.70. The maximum absolute atomic E-state index is 11.1. The Bertz CT molecular complexity index is 132. The van der Waals surface area contributed by atoms with E-state index in [9.17, 15) is 4.79 Å². The molecule has 3 nitrogen and oxygen atoms in total. The van der Waals surface area contributed by atoms with E-state index in [0.29, 0.717) is 13.3 Å². The molecule has 0 aromatic rings. The highest BCUT2D eigenvalue weighted by Crippen LogP contribution is 2.07. The first-order valence-electron chi connectivity index (χ1n) is 3.22. The quantitative estimate of drug-likeness (QED) is 0.590. The van der Waals surface area contributed by atoms with Gasteiger partial charge in [0.2, 0.25) is 5.91 Å². The predicted octanol–water partition coefficient (Wildman–Crippen LogP) is 0.586. The minimum Gasteiger partial charge on any atom is -0.359 e. The van der Waals surface area contributed by atoms with E-state index < -0.39 is 0 Å². The Hall–Kier alpha value is -0.0900. The molecule has 10 heavy (non-hydrogen) atoms. The molecule has 1 aliphatic heterocycles. The maximum atomic E-state index is 11.1. The van der Waals surface area contributed by atoms with E-state index in [1.807, 2.05) is 6.92 Å². The molecule has 1 heterocycles. The molecule has 0 radical (unpaired) electrons. The first kappa shape index (κ1) is 8.01. The van der Waals surface area contributed by atoms with Crippen LogP contribution < -0.4 is 0 Å². The van der Waals surface area contributed by atoms with Gasteiger partial charge in [-0.25, -0.2) is 0 Å². The van der Waals surface area contributed by atoms with Gasteiger partial charge in [-0.15, -0.1) is 0 Å². The van der Waals surface area contributed by atoms with Crippen molar-refractivity contribution in [3.8, 4) is 0 Å². The molecule has 0 spiro atoms.